The summed E-state index contributed by atoms with van der Waals surface area (Å²) in [7, 11) is 0.248. The van der Waals surface area contributed by atoms with Gasteiger partial charge in [-0.25, -0.2) is 0 Å². The zero-order valence-corrected chi connectivity index (χ0v) is 6.04. The minimum absolute atomic E-state index is 0.248. The van der Waals surface area contributed by atoms with Crippen LogP contribution in [-0.2, 0) is 0 Å². The van der Waals surface area contributed by atoms with E-state index in [1.54, 1.807) is 24.9 Å². The average Bonchev–Trinajstić information content (AvgIpc) is 2.14. The SMILES string of the molecule is CC[Si]1CCCC1. The van der Waals surface area contributed by atoms with E-state index in [0.29, 0.717) is 0 Å². The van der Waals surface area contributed by atoms with E-state index in [1.807, 2.05) is 0 Å². The van der Waals surface area contributed by atoms with Crippen molar-refractivity contribution in [2.45, 2.75) is 37.9 Å². The summed E-state index contributed by atoms with van der Waals surface area (Å²) >= 11 is 0. The third-order valence-corrected chi connectivity index (χ3v) is 4.93. The van der Waals surface area contributed by atoms with E-state index in [9.17, 15) is 0 Å². The van der Waals surface area contributed by atoms with Crippen LogP contribution in [0.3, 0.4) is 0 Å². The van der Waals surface area contributed by atoms with Gasteiger partial charge < -0.3 is 0 Å². The molecule has 0 amide bonds. The van der Waals surface area contributed by atoms with E-state index in [1.165, 1.54) is 6.04 Å². The Labute approximate surface area is 47.5 Å². The van der Waals surface area contributed by atoms with Crippen molar-refractivity contribution in [2.24, 2.45) is 0 Å². The summed E-state index contributed by atoms with van der Waals surface area (Å²) < 4.78 is 0. The lowest BCUT2D eigenvalue weighted by Crippen LogP contribution is -2.00. The zero-order valence-electron chi connectivity index (χ0n) is 5.04. The number of hydrogen-bond acceptors (Lipinski definition) is 0. The molecule has 1 radical (unpaired) electrons. The van der Waals surface area contributed by atoms with Crippen LogP contribution in [-0.4, -0.2) is 8.80 Å². The van der Waals surface area contributed by atoms with Crippen LogP contribution in [0.4, 0.5) is 0 Å². The monoisotopic (exact) mass is 113 g/mol. The lowest BCUT2D eigenvalue weighted by Gasteiger charge is -1.96. The molecule has 0 bridgehead atoms. The predicted octanol–water partition coefficient (Wildman–Crippen LogP) is 2.29. The molecule has 1 rings (SSSR count). The van der Waals surface area contributed by atoms with Crippen LogP contribution in [0.2, 0.25) is 18.1 Å². The first-order chi connectivity index (χ1) is 3.43. The third-order valence-electron chi connectivity index (χ3n) is 1.81. The van der Waals surface area contributed by atoms with Gasteiger partial charge in [0, 0.05) is 8.80 Å². The Morgan fingerprint density at radius 3 is 2.14 bits per heavy atom. The molecule has 0 atom stereocenters. The molecular weight excluding hydrogens is 100 g/mol. The van der Waals surface area contributed by atoms with E-state index in [0.717, 1.165) is 0 Å². The van der Waals surface area contributed by atoms with Crippen molar-refractivity contribution in [2.75, 3.05) is 0 Å². The van der Waals surface area contributed by atoms with Gasteiger partial charge in [-0.1, -0.05) is 37.9 Å². The standard InChI is InChI=1S/C6H13Si/c1-2-7-5-3-4-6-7/h2-6H2,1H3. The second-order valence-corrected chi connectivity index (χ2v) is 5.52. The Kier molecular flexibility index (Phi) is 1.92. The predicted molar refractivity (Wildman–Crippen MR) is 35.1 cm³/mol. The summed E-state index contributed by atoms with van der Waals surface area (Å²) in [6.45, 7) is 2.35. The second-order valence-electron chi connectivity index (χ2n) is 2.31. The molecule has 0 N–H and O–H groups in total. The smallest absolute Gasteiger partial charge is 0.0476 e. The van der Waals surface area contributed by atoms with Crippen LogP contribution in [0.25, 0.3) is 0 Å². The zero-order chi connectivity index (χ0) is 5.11. The van der Waals surface area contributed by atoms with Gasteiger partial charge in [-0.05, 0) is 0 Å². The fourth-order valence-corrected chi connectivity index (χ4v) is 3.69. The fraction of sp³-hybridized carbons (Fsp3) is 1.00. The Morgan fingerprint density at radius 1 is 1.29 bits per heavy atom. The highest BCUT2D eigenvalue weighted by molar-refractivity contribution is 6.59. The van der Waals surface area contributed by atoms with Gasteiger partial charge >= 0.3 is 0 Å². The van der Waals surface area contributed by atoms with E-state index in [4.69, 9.17) is 0 Å². The van der Waals surface area contributed by atoms with Crippen molar-refractivity contribution in [3.63, 3.8) is 0 Å². The first-order valence-corrected chi connectivity index (χ1v) is 5.39. The molecule has 0 saturated carbocycles. The highest BCUT2D eigenvalue weighted by atomic mass is 28.3. The highest BCUT2D eigenvalue weighted by Gasteiger charge is 2.13. The van der Waals surface area contributed by atoms with Crippen molar-refractivity contribution < 1.29 is 0 Å². The molecule has 1 aliphatic heterocycles. The van der Waals surface area contributed by atoms with E-state index >= 15 is 0 Å². The van der Waals surface area contributed by atoms with E-state index in [-0.39, 0.29) is 8.80 Å². The van der Waals surface area contributed by atoms with E-state index < -0.39 is 0 Å². The summed E-state index contributed by atoms with van der Waals surface area (Å²) in [5.41, 5.74) is 0. The molecule has 41 valence electrons. The van der Waals surface area contributed by atoms with Gasteiger partial charge in [0.15, 0.2) is 0 Å². The second kappa shape index (κ2) is 2.51. The van der Waals surface area contributed by atoms with Gasteiger partial charge in [0.05, 0.1) is 0 Å². The maximum Gasteiger partial charge on any atom is 0.0476 e. The van der Waals surface area contributed by atoms with Crippen LogP contribution in [0.15, 0.2) is 0 Å². The molecule has 1 fully saturated rings. The summed E-state index contributed by atoms with van der Waals surface area (Å²) in [6.07, 6.45) is 3.09. The third kappa shape index (κ3) is 1.30. The van der Waals surface area contributed by atoms with Crippen molar-refractivity contribution in [3.05, 3.63) is 0 Å². The van der Waals surface area contributed by atoms with Gasteiger partial charge in [0.25, 0.3) is 0 Å². The maximum atomic E-state index is 2.35. The molecule has 0 spiro atoms. The van der Waals surface area contributed by atoms with Crippen LogP contribution >= 0.6 is 0 Å². The van der Waals surface area contributed by atoms with Crippen molar-refractivity contribution in [1.82, 2.24) is 0 Å². The summed E-state index contributed by atoms with van der Waals surface area (Å²) in [4.78, 5) is 0. The average molecular weight is 113 g/mol. The van der Waals surface area contributed by atoms with Crippen molar-refractivity contribution in [3.8, 4) is 0 Å². The molecule has 1 aliphatic rings. The Bertz CT molecular complexity index is 46.1. The Hall–Kier alpha value is 0.217. The molecule has 0 aromatic rings. The van der Waals surface area contributed by atoms with Gasteiger partial charge in [-0.2, -0.15) is 0 Å². The molecule has 0 nitrogen and oxygen atoms in total. The molecule has 0 unspecified atom stereocenters. The normalized spacial score (nSPS) is 23.6. The van der Waals surface area contributed by atoms with Gasteiger partial charge in [0.1, 0.15) is 0 Å². The molecule has 7 heavy (non-hydrogen) atoms. The lowest BCUT2D eigenvalue weighted by molar-refractivity contribution is 0.935. The molecule has 1 heterocycles. The maximum absolute atomic E-state index is 2.35. The van der Waals surface area contributed by atoms with Crippen molar-refractivity contribution in [1.29, 1.82) is 0 Å². The summed E-state index contributed by atoms with van der Waals surface area (Å²) in [6, 6.07) is 4.74. The molecule has 0 aromatic heterocycles. The number of hydrogen-bond donors (Lipinski definition) is 0. The molecule has 1 saturated heterocycles. The molecule has 1 heteroatoms. The molecule has 0 aliphatic carbocycles. The summed E-state index contributed by atoms with van der Waals surface area (Å²) in [5.74, 6) is 0. The molecule has 0 aromatic carbocycles. The Balaban J connectivity index is 2.14. The van der Waals surface area contributed by atoms with Crippen LogP contribution in [0, 0.1) is 0 Å². The van der Waals surface area contributed by atoms with Gasteiger partial charge in [0.2, 0.25) is 0 Å². The minimum Gasteiger partial charge on any atom is -0.0680 e. The van der Waals surface area contributed by atoms with Gasteiger partial charge in [-0.15, -0.1) is 0 Å². The largest absolute Gasteiger partial charge is 0.0680 e. The highest BCUT2D eigenvalue weighted by Crippen LogP contribution is 2.21. The lowest BCUT2D eigenvalue weighted by atomic mass is 10.4. The van der Waals surface area contributed by atoms with Crippen LogP contribution in [0.5, 0.6) is 0 Å². The van der Waals surface area contributed by atoms with Crippen LogP contribution in [0.1, 0.15) is 19.8 Å². The van der Waals surface area contributed by atoms with Crippen molar-refractivity contribution >= 4 is 8.80 Å². The molecular formula is C6H13Si. The minimum atomic E-state index is 0.248. The summed E-state index contributed by atoms with van der Waals surface area (Å²) in [5, 5.41) is 0. The topological polar surface area (TPSA) is 0 Å². The number of rotatable bonds is 1. The fourth-order valence-electron chi connectivity index (χ4n) is 1.23. The first kappa shape index (κ1) is 5.36. The van der Waals surface area contributed by atoms with Crippen LogP contribution < -0.4 is 0 Å². The first-order valence-electron chi connectivity index (χ1n) is 3.27. The quantitative estimate of drug-likeness (QED) is 0.458. The van der Waals surface area contributed by atoms with E-state index in [2.05, 4.69) is 6.92 Å². The van der Waals surface area contributed by atoms with Gasteiger partial charge in [-0.3, -0.25) is 0 Å². The Morgan fingerprint density at radius 2 is 1.86 bits per heavy atom.